The molecule has 1 saturated heterocycles. The van der Waals surface area contributed by atoms with Gasteiger partial charge in [0.1, 0.15) is 5.75 Å². The zero-order chi connectivity index (χ0) is 32.6. The van der Waals surface area contributed by atoms with Gasteiger partial charge in [-0.1, -0.05) is 43.0 Å². The number of benzene rings is 3. The molecule has 1 heterocycles. The number of piperidine rings is 1. The van der Waals surface area contributed by atoms with Crippen molar-refractivity contribution in [3.05, 3.63) is 78.4 Å². The molecule has 1 atom stereocenters. The van der Waals surface area contributed by atoms with Gasteiger partial charge in [-0.05, 0) is 79.1 Å². The van der Waals surface area contributed by atoms with Crippen molar-refractivity contribution in [2.24, 2.45) is 5.73 Å². The number of ether oxygens (including phenoxy) is 1. The molecular weight excluding hydrogens is 617 g/mol. The van der Waals surface area contributed by atoms with Gasteiger partial charge in [0.05, 0.1) is 16.6 Å². The number of nitrogens with zero attached hydrogens (tertiary/aromatic N) is 1. The summed E-state index contributed by atoms with van der Waals surface area (Å²) in [5.74, 6) is -4.68. The summed E-state index contributed by atoms with van der Waals surface area (Å²) in [5.41, 5.74) is 3.38. The monoisotopic (exact) mass is 651 g/mol. The van der Waals surface area contributed by atoms with Crippen molar-refractivity contribution in [2.45, 2.75) is 73.7 Å². The van der Waals surface area contributed by atoms with Crippen LogP contribution in [0.5, 0.6) is 5.75 Å². The number of hydrogen-bond donors (Lipinski definition) is 2. The molecule has 7 nitrogen and oxygen atoms in total. The van der Waals surface area contributed by atoms with Crippen LogP contribution in [0, 0.1) is 0 Å². The summed E-state index contributed by atoms with van der Waals surface area (Å²) < 4.78 is 107. The van der Waals surface area contributed by atoms with Crippen LogP contribution >= 0.6 is 0 Å². The van der Waals surface area contributed by atoms with E-state index in [2.05, 4.69) is 6.58 Å². The molecule has 13 heteroatoms. The SMILES string of the molecule is C=C(c1ccc(C(F)(F)[C@@H](NS(=O)(=O)c2ccc3cc(OC4CCCC4)ccc3c2)C(=O)N2CCC(N)CC2)cc1)C(F)(F)F. The lowest BCUT2D eigenvalue weighted by atomic mass is 9.96. The Hall–Kier alpha value is -3.55. The Kier molecular flexibility index (Phi) is 9.25. The fraction of sp³-hybridized carbons (Fsp3) is 0.406. The molecule has 0 unspecified atom stereocenters. The Morgan fingerprint density at radius 2 is 1.51 bits per heavy atom. The molecule has 2 aliphatic rings. The zero-order valence-corrected chi connectivity index (χ0v) is 25.1. The number of carbonyl (C=O) groups excluding carboxylic acids is 1. The molecule has 0 spiro atoms. The van der Waals surface area contributed by atoms with E-state index < -0.39 is 50.8 Å². The van der Waals surface area contributed by atoms with Crippen LogP contribution in [0.15, 0.2) is 72.1 Å². The highest BCUT2D eigenvalue weighted by molar-refractivity contribution is 7.89. The molecule has 0 bridgehead atoms. The molecule has 5 rings (SSSR count). The lowest BCUT2D eigenvalue weighted by Gasteiger charge is -2.35. The van der Waals surface area contributed by atoms with Crippen molar-refractivity contribution in [2.75, 3.05) is 13.1 Å². The maximum Gasteiger partial charge on any atom is 0.416 e. The first-order valence-electron chi connectivity index (χ1n) is 14.7. The third kappa shape index (κ3) is 7.31. The molecule has 1 amide bonds. The predicted octanol–water partition coefficient (Wildman–Crippen LogP) is 6.13. The average molecular weight is 652 g/mol. The molecule has 3 N–H and O–H groups in total. The van der Waals surface area contributed by atoms with E-state index in [0.29, 0.717) is 29.4 Å². The van der Waals surface area contributed by atoms with E-state index in [-0.39, 0.29) is 30.1 Å². The van der Waals surface area contributed by atoms with Crippen molar-refractivity contribution in [3.63, 3.8) is 0 Å². The number of alkyl halides is 5. The fourth-order valence-corrected chi connectivity index (χ4v) is 6.89. The lowest BCUT2D eigenvalue weighted by Crippen LogP contribution is -2.58. The number of nitrogens with one attached hydrogen (secondary N) is 1. The van der Waals surface area contributed by atoms with Gasteiger partial charge in [0.25, 0.3) is 5.92 Å². The molecule has 242 valence electrons. The minimum absolute atomic E-state index is 0.0416. The molecule has 45 heavy (non-hydrogen) atoms. The van der Waals surface area contributed by atoms with Gasteiger partial charge in [0.2, 0.25) is 15.9 Å². The van der Waals surface area contributed by atoms with Gasteiger partial charge in [-0.3, -0.25) is 4.79 Å². The number of amides is 1. The Labute approximate surface area is 258 Å². The van der Waals surface area contributed by atoms with Gasteiger partial charge in [0, 0.05) is 24.7 Å². The highest BCUT2D eigenvalue weighted by Gasteiger charge is 2.50. The van der Waals surface area contributed by atoms with Crippen LogP contribution in [0.2, 0.25) is 0 Å². The fourth-order valence-electron chi connectivity index (χ4n) is 5.67. The normalized spacial score (nSPS) is 17.9. The van der Waals surface area contributed by atoms with E-state index in [9.17, 15) is 26.4 Å². The lowest BCUT2D eigenvalue weighted by molar-refractivity contribution is -0.145. The van der Waals surface area contributed by atoms with E-state index in [1.165, 1.54) is 18.2 Å². The van der Waals surface area contributed by atoms with E-state index in [1.807, 2.05) is 4.72 Å². The summed E-state index contributed by atoms with van der Waals surface area (Å²) >= 11 is 0. The number of likely N-dealkylation sites (tertiary alicyclic amines) is 1. The van der Waals surface area contributed by atoms with Crippen molar-refractivity contribution in [1.82, 2.24) is 9.62 Å². The number of fused-ring (bicyclic) bond motifs is 1. The maximum absolute atomic E-state index is 16.1. The van der Waals surface area contributed by atoms with Crippen LogP contribution in [0.1, 0.15) is 49.7 Å². The van der Waals surface area contributed by atoms with E-state index in [4.69, 9.17) is 10.5 Å². The minimum Gasteiger partial charge on any atom is -0.490 e. The van der Waals surface area contributed by atoms with Crippen molar-refractivity contribution < 1.29 is 39.9 Å². The number of halogens is 5. The Bertz CT molecular complexity index is 1660. The number of hydrogen-bond acceptors (Lipinski definition) is 5. The summed E-state index contributed by atoms with van der Waals surface area (Å²) in [6.45, 7) is 3.05. The Morgan fingerprint density at radius 1 is 0.911 bits per heavy atom. The summed E-state index contributed by atoms with van der Waals surface area (Å²) in [6, 6.07) is 9.50. The molecule has 3 aromatic rings. The van der Waals surface area contributed by atoms with Crippen LogP contribution in [0.4, 0.5) is 22.0 Å². The van der Waals surface area contributed by atoms with Gasteiger partial charge in [-0.15, -0.1) is 0 Å². The topological polar surface area (TPSA) is 102 Å². The highest BCUT2D eigenvalue weighted by Crippen LogP contribution is 2.37. The van der Waals surface area contributed by atoms with E-state index >= 15 is 8.78 Å². The van der Waals surface area contributed by atoms with Gasteiger partial charge >= 0.3 is 6.18 Å². The van der Waals surface area contributed by atoms with Crippen molar-refractivity contribution in [1.29, 1.82) is 0 Å². The third-order valence-electron chi connectivity index (χ3n) is 8.39. The average Bonchev–Trinajstić information content (AvgIpc) is 3.52. The quantitative estimate of drug-likeness (QED) is 0.272. The standard InChI is InChI=1S/C32H34F5N3O4S/c1-20(32(35,36)37)21-6-10-24(11-7-21)31(33,34)29(30(41)40-16-14-25(38)15-17-40)39-45(42,43)28-13-9-22-18-27(12-8-23(22)19-28)44-26-4-2-3-5-26/h6-13,18-19,25-26,29,39H,1-5,14-17,38H2/t29-/m0/s1. The van der Waals surface area contributed by atoms with Gasteiger partial charge in [-0.2, -0.15) is 26.7 Å². The molecule has 0 radical (unpaired) electrons. The molecular formula is C32H34F5N3O4S. The second-order valence-corrected chi connectivity index (χ2v) is 13.3. The molecule has 1 aliphatic heterocycles. The number of nitrogens with two attached hydrogens (primary N) is 1. The smallest absolute Gasteiger partial charge is 0.416 e. The van der Waals surface area contributed by atoms with Crippen molar-refractivity contribution in [3.8, 4) is 5.75 Å². The van der Waals surface area contributed by atoms with E-state index in [0.717, 1.165) is 54.8 Å². The van der Waals surface area contributed by atoms with Crippen LogP contribution in [-0.4, -0.2) is 56.7 Å². The Morgan fingerprint density at radius 3 is 2.13 bits per heavy atom. The van der Waals surface area contributed by atoms with Gasteiger partial charge in [-0.25, -0.2) is 8.42 Å². The summed E-state index contributed by atoms with van der Waals surface area (Å²) in [4.78, 5) is 14.3. The Balaban J connectivity index is 1.44. The van der Waals surface area contributed by atoms with E-state index in [1.54, 1.807) is 18.2 Å². The van der Waals surface area contributed by atoms with Crippen LogP contribution in [0.3, 0.4) is 0 Å². The molecule has 3 aromatic carbocycles. The number of rotatable bonds is 9. The first-order valence-corrected chi connectivity index (χ1v) is 16.2. The van der Waals surface area contributed by atoms with Crippen LogP contribution in [-0.2, 0) is 20.7 Å². The number of allylic oxidation sites excluding steroid dienone is 1. The maximum atomic E-state index is 16.1. The third-order valence-corrected chi connectivity index (χ3v) is 9.81. The van der Waals surface area contributed by atoms with Gasteiger partial charge in [0.15, 0.2) is 6.04 Å². The number of carbonyl (C=O) groups is 1. The van der Waals surface area contributed by atoms with Crippen LogP contribution < -0.4 is 15.2 Å². The predicted molar refractivity (Wildman–Crippen MR) is 160 cm³/mol. The molecule has 0 aromatic heterocycles. The zero-order valence-electron chi connectivity index (χ0n) is 24.3. The van der Waals surface area contributed by atoms with Crippen molar-refractivity contribution >= 4 is 32.3 Å². The summed E-state index contributed by atoms with van der Waals surface area (Å²) in [5, 5.41) is 1.18. The second kappa shape index (κ2) is 12.7. The summed E-state index contributed by atoms with van der Waals surface area (Å²) in [7, 11) is -4.70. The molecule has 2 fully saturated rings. The summed E-state index contributed by atoms with van der Waals surface area (Å²) in [6.07, 6.45) is 0.129. The van der Waals surface area contributed by atoms with Crippen LogP contribution in [0.25, 0.3) is 16.3 Å². The first-order chi connectivity index (χ1) is 21.1. The largest absolute Gasteiger partial charge is 0.490 e. The second-order valence-electron chi connectivity index (χ2n) is 11.6. The molecule has 1 saturated carbocycles. The van der Waals surface area contributed by atoms with Gasteiger partial charge < -0.3 is 15.4 Å². The minimum atomic E-state index is -4.78. The molecule has 1 aliphatic carbocycles. The highest BCUT2D eigenvalue weighted by atomic mass is 32.2. The number of sulfonamides is 1. The first kappa shape index (κ1) is 32.8.